The van der Waals surface area contributed by atoms with Crippen LogP contribution in [0.5, 0.6) is 0 Å². The van der Waals surface area contributed by atoms with Crippen molar-refractivity contribution in [3.8, 4) is 11.3 Å². The molecule has 1 aromatic carbocycles. The minimum Gasteiger partial charge on any atom is -0.545 e. The van der Waals surface area contributed by atoms with E-state index in [4.69, 9.17) is 0 Å². The molecule has 21 heavy (non-hydrogen) atoms. The van der Waals surface area contributed by atoms with Gasteiger partial charge in [0.2, 0.25) is 0 Å². The second-order valence-electron chi connectivity index (χ2n) is 4.31. The number of carbonyl (C=O) groups is 1. The molecule has 5 nitrogen and oxygen atoms in total. The molecule has 106 valence electrons. The number of carboxylic acids is 1. The van der Waals surface area contributed by atoms with Crippen molar-refractivity contribution in [2.24, 2.45) is 0 Å². The number of alkyl halides is 2. The zero-order valence-corrected chi connectivity index (χ0v) is 10.5. The largest absolute Gasteiger partial charge is 0.545 e. The van der Waals surface area contributed by atoms with E-state index >= 15 is 0 Å². The number of rotatable bonds is 3. The zero-order valence-electron chi connectivity index (χ0n) is 10.5. The van der Waals surface area contributed by atoms with Crippen molar-refractivity contribution in [2.75, 3.05) is 0 Å². The molecule has 7 heteroatoms. The van der Waals surface area contributed by atoms with Crippen LogP contribution < -0.4 is 5.11 Å². The van der Waals surface area contributed by atoms with Gasteiger partial charge in [-0.3, -0.25) is 0 Å². The first-order valence-corrected chi connectivity index (χ1v) is 6.01. The third-order valence-corrected chi connectivity index (χ3v) is 3.01. The fraction of sp³-hybridized carbons (Fsp3) is 0.0714. The molecule has 0 spiro atoms. The van der Waals surface area contributed by atoms with Gasteiger partial charge in [-0.15, -0.1) is 0 Å². The minimum atomic E-state index is -2.81. The van der Waals surface area contributed by atoms with Crippen LogP contribution in [0.25, 0.3) is 16.9 Å². The Morgan fingerprint density at radius 2 is 1.95 bits per heavy atom. The van der Waals surface area contributed by atoms with Crippen LogP contribution in [0.15, 0.2) is 42.6 Å². The molecule has 2 heterocycles. The summed E-state index contributed by atoms with van der Waals surface area (Å²) in [5.74, 6) is -1.51. The maximum atomic E-state index is 13.2. The number of hydrogen-bond donors (Lipinski definition) is 0. The maximum absolute atomic E-state index is 13.2. The van der Waals surface area contributed by atoms with Crippen LogP contribution in [0.4, 0.5) is 8.78 Å². The van der Waals surface area contributed by atoms with Crippen molar-refractivity contribution < 1.29 is 18.7 Å². The summed E-state index contributed by atoms with van der Waals surface area (Å²) in [6.45, 7) is 0. The lowest BCUT2D eigenvalue weighted by Crippen LogP contribution is -2.22. The quantitative estimate of drug-likeness (QED) is 0.735. The van der Waals surface area contributed by atoms with Crippen LogP contribution in [-0.4, -0.2) is 20.6 Å². The smallest absolute Gasteiger partial charge is 0.280 e. The Hall–Kier alpha value is -2.83. The van der Waals surface area contributed by atoms with Crippen LogP contribution in [0.3, 0.4) is 0 Å². The van der Waals surface area contributed by atoms with E-state index in [9.17, 15) is 18.7 Å². The Kier molecular flexibility index (Phi) is 3.09. The monoisotopic (exact) mass is 288 g/mol. The first-order chi connectivity index (χ1) is 10.1. The Bertz CT molecular complexity index is 816. The number of hydrogen-bond acceptors (Lipinski definition) is 4. The van der Waals surface area contributed by atoms with E-state index in [0.717, 1.165) is 10.7 Å². The molecular weight excluding hydrogens is 280 g/mol. The number of halogens is 2. The molecule has 0 unspecified atom stereocenters. The van der Waals surface area contributed by atoms with Crippen molar-refractivity contribution in [3.05, 3.63) is 53.9 Å². The van der Waals surface area contributed by atoms with Gasteiger partial charge in [-0.25, -0.2) is 18.3 Å². The highest BCUT2D eigenvalue weighted by molar-refractivity contribution is 5.93. The van der Waals surface area contributed by atoms with E-state index in [-0.39, 0.29) is 16.9 Å². The average Bonchev–Trinajstić information content (AvgIpc) is 2.90. The molecule has 0 atom stereocenters. The second-order valence-corrected chi connectivity index (χ2v) is 4.31. The van der Waals surface area contributed by atoms with Crippen molar-refractivity contribution in [1.29, 1.82) is 0 Å². The molecule has 3 rings (SSSR count). The van der Waals surface area contributed by atoms with Crippen LogP contribution in [0, 0.1) is 0 Å². The Morgan fingerprint density at radius 3 is 2.57 bits per heavy atom. The number of fused-ring (bicyclic) bond motifs is 1. The lowest BCUT2D eigenvalue weighted by molar-refractivity contribution is -0.254. The van der Waals surface area contributed by atoms with Crippen molar-refractivity contribution in [2.45, 2.75) is 6.43 Å². The summed E-state index contributed by atoms with van der Waals surface area (Å²) < 4.78 is 27.1. The number of benzene rings is 1. The molecule has 0 saturated heterocycles. The highest BCUT2D eigenvalue weighted by atomic mass is 19.3. The number of aromatic nitrogens is 3. The number of carbonyl (C=O) groups excluding carboxylic acids is 1. The SMILES string of the molecule is O=C([O-])c1cnn2c(C(F)F)cc(-c3ccccc3)nc12. The summed E-state index contributed by atoms with van der Waals surface area (Å²) in [5, 5.41) is 14.7. The van der Waals surface area contributed by atoms with E-state index < -0.39 is 18.1 Å². The van der Waals surface area contributed by atoms with Gasteiger partial charge in [-0.1, -0.05) is 30.3 Å². The molecule has 0 radical (unpaired) electrons. The highest BCUT2D eigenvalue weighted by Gasteiger charge is 2.18. The first-order valence-electron chi connectivity index (χ1n) is 6.01. The molecule has 3 aromatic rings. The molecule has 0 fully saturated rings. The standard InChI is InChI=1S/C14H9F2N3O2/c15-12(16)11-6-10(8-4-2-1-3-5-8)18-13-9(14(20)21)7-17-19(11)13/h1-7,12H,(H,20,21)/p-1. The summed E-state index contributed by atoms with van der Waals surface area (Å²) in [6.07, 6.45) is -1.86. The lowest BCUT2D eigenvalue weighted by atomic mass is 10.1. The summed E-state index contributed by atoms with van der Waals surface area (Å²) in [4.78, 5) is 15.1. The van der Waals surface area contributed by atoms with Gasteiger partial charge in [-0.05, 0) is 6.07 Å². The molecule has 0 bridgehead atoms. The summed E-state index contributed by atoms with van der Waals surface area (Å²) >= 11 is 0. The van der Waals surface area contributed by atoms with E-state index in [0.29, 0.717) is 5.56 Å². The summed E-state index contributed by atoms with van der Waals surface area (Å²) in [7, 11) is 0. The Labute approximate surface area is 117 Å². The van der Waals surface area contributed by atoms with Gasteiger partial charge >= 0.3 is 0 Å². The molecule has 0 N–H and O–H groups in total. The van der Waals surface area contributed by atoms with Crippen LogP contribution >= 0.6 is 0 Å². The van der Waals surface area contributed by atoms with E-state index in [1.165, 1.54) is 6.07 Å². The van der Waals surface area contributed by atoms with Crippen molar-refractivity contribution in [1.82, 2.24) is 14.6 Å². The van der Waals surface area contributed by atoms with E-state index in [2.05, 4.69) is 10.1 Å². The molecule has 0 amide bonds. The predicted molar refractivity (Wildman–Crippen MR) is 67.7 cm³/mol. The topological polar surface area (TPSA) is 70.3 Å². The normalized spacial score (nSPS) is 11.2. The maximum Gasteiger partial charge on any atom is 0.280 e. The van der Waals surface area contributed by atoms with Gasteiger partial charge < -0.3 is 9.90 Å². The summed E-state index contributed by atoms with van der Waals surface area (Å²) in [6, 6.07) is 9.84. The Balaban J connectivity index is 2.32. The second kappa shape index (κ2) is 4.93. The molecule has 0 aliphatic rings. The van der Waals surface area contributed by atoms with Gasteiger partial charge in [0, 0.05) is 5.56 Å². The Morgan fingerprint density at radius 1 is 1.24 bits per heavy atom. The number of carboxylic acid groups (broad SMARTS) is 1. The van der Waals surface area contributed by atoms with Gasteiger partial charge in [0.15, 0.2) is 5.65 Å². The zero-order chi connectivity index (χ0) is 15.0. The van der Waals surface area contributed by atoms with Crippen LogP contribution in [0.2, 0.25) is 0 Å². The van der Waals surface area contributed by atoms with E-state index in [1.807, 2.05) is 0 Å². The summed E-state index contributed by atoms with van der Waals surface area (Å²) in [5.41, 5.74) is -0.0542. The van der Waals surface area contributed by atoms with E-state index in [1.54, 1.807) is 30.3 Å². The lowest BCUT2D eigenvalue weighted by Gasteiger charge is -2.08. The number of nitrogens with zero attached hydrogens (tertiary/aromatic N) is 3. The van der Waals surface area contributed by atoms with Crippen LogP contribution in [-0.2, 0) is 0 Å². The molecule has 2 aromatic heterocycles. The highest BCUT2D eigenvalue weighted by Crippen LogP contribution is 2.26. The van der Waals surface area contributed by atoms with Gasteiger partial charge in [0.25, 0.3) is 6.43 Å². The fourth-order valence-electron chi connectivity index (χ4n) is 2.04. The molecule has 0 aliphatic heterocycles. The van der Waals surface area contributed by atoms with Crippen molar-refractivity contribution in [3.63, 3.8) is 0 Å². The first kappa shape index (κ1) is 13.2. The van der Waals surface area contributed by atoms with Gasteiger partial charge in [0.1, 0.15) is 5.69 Å². The minimum absolute atomic E-state index is 0.161. The molecular formula is C14H8F2N3O2-. The third-order valence-electron chi connectivity index (χ3n) is 3.01. The molecule has 0 saturated carbocycles. The molecule has 0 aliphatic carbocycles. The predicted octanol–water partition coefficient (Wildman–Crippen LogP) is 1.70. The van der Waals surface area contributed by atoms with Gasteiger partial charge in [0.05, 0.1) is 23.4 Å². The van der Waals surface area contributed by atoms with Crippen LogP contribution in [0.1, 0.15) is 22.5 Å². The van der Waals surface area contributed by atoms with Gasteiger partial charge in [-0.2, -0.15) is 5.10 Å². The number of aromatic carboxylic acids is 1. The average molecular weight is 288 g/mol. The van der Waals surface area contributed by atoms with Crippen molar-refractivity contribution >= 4 is 11.6 Å². The third kappa shape index (κ3) is 2.22. The fourth-order valence-corrected chi connectivity index (χ4v) is 2.04.